The Morgan fingerprint density at radius 1 is 1.23 bits per heavy atom. The molecular formula is C21H36IN5O3. The average molecular weight is 533 g/mol. The Labute approximate surface area is 197 Å². The predicted octanol–water partition coefficient (Wildman–Crippen LogP) is 1.72. The van der Waals surface area contributed by atoms with Gasteiger partial charge >= 0.3 is 0 Å². The lowest BCUT2D eigenvalue weighted by Crippen LogP contribution is -2.42. The third kappa shape index (κ3) is 8.65. The van der Waals surface area contributed by atoms with E-state index < -0.39 is 0 Å². The van der Waals surface area contributed by atoms with Crippen LogP contribution in [0.3, 0.4) is 0 Å². The van der Waals surface area contributed by atoms with E-state index in [9.17, 15) is 4.79 Å². The van der Waals surface area contributed by atoms with Crippen molar-refractivity contribution in [3.05, 3.63) is 29.8 Å². The zero-order valence-corrected chi connectivity index (χ0v) is 20.8. The number of nitrogens with zero attached hydrogens (tertiary/aromatic N) is 3. The molecule has 1 atom stereocenters. The van der Waals surface area contributed by atoms with E-state index in [0.717, 1.165) is 44.6 Å². The van der Waals surface area contributed by atoms with E-state index in [1.807, 2.05) is 19.1 Å². The minimum absolute atomic E-state index is 0. The van der Waals surface area contributed by atoms with Gasteiger partial charge in [0.15, 0.2) is 5.96 Å². The fourth-order valence-electron chi connectivity index (χ4n) is 3.18. The van der Waals surface area contributed by atoms with Gasteiger partial charge in [0, 0.05) is 46.7 Å². The molecule has 170 valence electrons. The molecule has 2 N–H and O–H groups in total. The Kier molecular flexibility index (Phi) is 12.7. The fraction of sp³-hybridized carbons (Fsp3) is 0.619. The van der Waals surface area contributed by atoms with E-state index in [4.69, 9.17) is 14.5 Å². The topological polar surface area (TPSA) is 78.4 Å². The molecule has 1 aliphatic rings. The summed E-state index contributed by atoms with van der Waals surface area (Å²) in [4.78, 5) is 20.6. The van der Waals surface area contributed by atoms with Gasteiger partial charge in [-0.3, -0.25) is 14.7 Å². The largest absolute Gasteiger partial charge is 0.497 e. The molecule has 1 aliphatic heterocycles. The minimum Gasteiger partial charge on any atom is -0.497 e. The van der Waals surface area contributed by atoms with E-state index in [2.05, 4.69) is 27.7 Å². The van der Waals surface area contributed by atoms with Crippen molar-refractivity contribution in [1.29, 1.82) is 0 Å². The lowest BCUT2D eigenvalue weighted by Gasteiger charge is -2.34. The second-order valence-corrected chi connectivity index (χ2v) is 7.12. The number of carbonyl (C=O) groups excluding carboxylic acids is 1. The number of hydrogen-bond acceptors (Lipinski definition) is 5. The Bertz CT molecular complexity index is 649. The van der Waals surface area contributed by atoms with Gasteiger partial charge < -0.3 is 25.0 Å². The summed E-state index contributed by atoms with van der Waals surface area (Å²) in [7, 11) is 5.21. The summed E-state index contributed by atoms with van der Waals surface area (Å²) in [5, 5.41) is 6.53. The highest BCUT2D eigenvalue weighted by molar-refractivity contribution is 14.0. The molecule has 0 radical (unpaired) electrons. The van der Waals surface area contributed by atoms with Gasteiger partial charge in [0.2, 0.25) is 5.91 Å². The molecule has 30 heavy (non-hydrogen) atoms. The number of rotatable bonds is 9. The number of guanidine groups is 1. The highest BCUT2D eigenvalue weighted by atomic mass is 127. The molecule has 1 fully saturated rings. The van der Waals surface area contributed by atoms with Crippen LogP contribution in [0, 0.1) is 0 Å². The second-order valence-electron chi connectivity index (χ2n) is 7.12. The first-order chi connectivity index (χ1) is 14.0. The van der Waals surface area contributed by atoms with Crippen molar-refractivity contribution in [3.63, 3.8) is 0 Å². The molecule has 1 saturated heterocycles. The van der Waals surface area contributed by atoms with Gasteiger partial charge in [-0.2, -0.15) is 0 Å². The molecule has 0 bridgehead atoms. The first-order valence-electron chi connectivity index (χ1n) is 10.2. The molecule has 1 aromatic rings. The van der Waals surface area contributed by atoms with Crippen LogP contribution in [0.2, 0.25) is 0 Å². The second kappa shape index (κ2) is 14.4. The summed E-state index contributed by atoms with van der Waals surface area (Å²) in [6.07, 6.45) is 0.433. The van der Waals surface area contributed by atoms with Gasteiger partial charge in [-0.1, -0.05) is 12.1 Å². The molecular weight excluding hydrogens is 497 g/mol. The maximum Gasteiger partial charge on any atom is 0.223 e. The molecule has 0 spiro atoms. The van der Waals surface area contributed by atoms with Crippen LogP contribution in [-0.2, 0) is 9.53 Å². The molecule has 2 rings (SSSR count). The maximum absolute atomic E-state index is 11.8. The van der Waals surface area contributed by atoms with Crippen molar-refractivity contribution < 1.29 is 14.3 Å². The Morgan fingerprint density at radius 2 is 1.90 bits per heavy atom. The zero-order valence-electron chi connectivity index (χ0n) is 18.5. The molecule has 9 heteroatoms. The third-order valence-corrected chi connectivity index (χ3v) is 4.88. The molecule has 8 nitrogen and oxygen atoms in total. The molecule has 1 amide bonds. The monoisotopic (exact) mass is 533 g/mol. The van der Waals surface area contributed by atoms with Gasteiger partial charge in [-0.25, -0.2) is 0 Å². The number of ether oxygens (including phenoxy) is 2. The van der Waals surface area contributed by atoms with E-state index in [0.29, 0.717) is 19.5 Å². The van der Waals surface area contributed by atoms with E-state index in [-0.39, 0.29) is 35.9 Å². The number of amides is 1. The van der Waals surface area contributed by atoms with Gasteiger partial charge in [0.1, 0.15) is 5.75 Å². The SMILES string of the molecule is CCNC(=NCC(c1ccc(OC)cc1)N1CCOCC1)NCCC(=O)N(C)C.I. The minimum atomic E-state index is 0. The van der Waals surface area contributed by atoms with Crippen molar-refractivity contribution in [2.75, 3.05) is 67.1 Å². The number of aliphatic imine (C=N–C) groups is 1. The summed E-state index contributed by atoms with van der Waals surface area (Å²) in [5.74, 6) is 1.67. The number of methoxy groups -OCH3 is 1. The lowest BCUT2D eigenvalue weighted by molar-refractivity contribution is -0.128. The highest BCUT2D eigenvalue weighted by Gasteiger charge is 2.22. The molecule has 1 unspecified atom stereocenters. The molecule has 0 aliphatic carbocycles. The van der Waals surface area contributed by atoms with Gasteiger partial charge in [-0.15, -0.1) is 24.0 Å². The van der Waals surface area contributed by atoms with Gasteiger partial charge in [-0.05, 0) is 24.6 Å². The quantitative estimate of drug-likeness (QED) is 0.286. The highest BCUT2D eigenvalue weighted by Crippen LogP contribution is 2.24. The number of halogens is 1. The van der Waals surface area contributed by atoms with Crippen molar-refractivity contribution >= 4 is 35.8 Å². The Morgan fingerprint density at radius 3 is 2.47 bits per heavy atom. The Hall–Kier alpha value is -1.59. The summed E-state index contributed by atoms with van der Waals surface area (Å²) in [6, 6.07) is 8.34. The maximum atomic E-state index is 11.8. The van der Waals surface area contributed by atoms with Gasteiger partial charge in [0.05, 0.1) is 32.9 Å². The predicted molar refractivity (Wildman–Crippen MR) is 131 cm³/mol. The van der Waals surface area contributed by atoms with Crippen LogP contribution in [0.5, 0.6) is 5.75 Å². The molecule has 1 aromatic carbocycles. The van der Waals surface area contributed by atoms with Crippen molar-refractivity contribution in [1.82, 2.24) is 20.4 Å². The molecule has 0 saturated carbocycles. The summed E-state index contributed by atoms with van der Waals surface area (Å²) in [5.41, 5.74) is 1.20. The number of hydrogen-bond donors (Lipinski definition) is 2. The standard InChI is InChI=1S/C21H35N5O3.HI/c1-5-22-21(23-11-10-20(27)25(2)3)24-16-19(26-12-14-29-15-13-26)17-6-8-18(28-4)9-7-17;/h6-9,19H,5,10-16H2,1-4H3,(H2,22,23,24);1H. The molecule has 0 aromatic heterocycles. The molecule has 1 heterocycles. The van der Waals surface area contributed by atoms with Crippen LogP contribution >= 0.6 is 24.0 Å². The van der Waals surface area contributed by atoms with Crippen molar-refractivity contribution in [3.8, 4) is 5.75 Å². The van der Waals surface area contributed by atoms with E-state index in [1.165, 1.54) is 5.56 Å². The van der Waals surface area contributed by atoms with Crippen molar-refractivity contribution in [2.45, 2.75) is 19.4 Å². The van der Waals surface area contributed by atoms with Crippen LogP contribution < -0.4 is 15.4 Å². The summed E-state index contributed by atoms with van der Waals surface area (Å²) < 4.78 is 10.8. The number of nitrogens with one attached hydrogen (secondary N) is 2. The first-order valence-corrected chi connectivity index (χ1v) is 10.2. The summed E-state index contributed by atoms with van der Waals surface area (Å²) >= 11 is 0. The Balaban J connectivity index is 0.00000450. The normalized spacial score (nSPS) is 15.7. The van der Waals surface area contributed by atoms with Crippen LogP contribution in [0.25, 0.3) is 0 Å². The van der Waals surface area contributed by atoms with Crippen LogP contribution in [0.4, 0.5) is 0 Å². The van der Waals surface area contributed by atoms with Crippen LogP contribution in [-0.4, -0.2) is 88.8 Å². The smallest absolute Gasteiger partial charge is 0.223 e. The third-order valence-electron chi connectivity index (χ3n) is 4.88. The lowest BCUT2D eigenvalue weighted by atomic mass is 10.0. The zero-order chi connectivity index (χ0) is 21.1. The number of carbonyl (C=O) groups is 1. The average Bonchev–Trinajstić information content (AvgIpc) is 2.74. The van der Waals surface area contributed by atoms with Gasteiger partial charge in [0.25, 0.3) is 0 Å². The van der Waals surface area contributed by atoms with E-state index in [1.54, 1.807) is 26.1 Å². The van der Waals surface area contributed by atoms with E-state index >= 15 is 0 Å². The number of morpholine rings is 1. The summed E-state index contributed by atoms with van der Waals surface area (Å²) in [6.45, 7) is 7.20. The van der Waals surface area contributed by atoms with Crippen LogP contribution in [0.15, 0.2) is 29.3 Å². The van der Waals surface area contributed by atoms with Crippen LogP contribution in [0.1, 0.15) is 24.9 Å². The van der Waals surface area contributed by atoms with Crippen molar-refractivity contribution in [2.24, 2.45) is 4.99 Å². The first kappa shape index (κ1) is 26.4. The fourth-order valence-corrected chi connectivity index (χ4v) is 3.18. The number of benzene rings is 1.